The van der Waals surface area contributed by atoms with E-state index < -0.39 is 0 Å². The van der Waals surface area contributed by atoms with Gasteiger partial charge in [-0.3, -0.25) is 0 Å². The van der Waals surface area contributed by atoms with Crippen molar-refractivity contribution in [3.8, 4) is 0 Å². The van der Waals surface area contributed by atoms with Crippen LogP contribution in [0.15, 0.2) is 0 Å². The molecule has 1 heterocycles. The first-order valence-corrected chi connectivity index (χ1v) is 5.89. The smallest absolute Gasteiger partial charge is 0.00697 e. The number of likely N-dealkylation sites (tertiary alicyclic amines) is 1. The van der Waals surface area contributed by atoms with Gasteiger partial charge in [0.05, 0.1) is 0 Å². The second kappa shape index (κ2) is 4.63. The zero-order valence-corrected chi connectivity index (χ0v) is 10.2. The van der Waals surface area contributed by atoms with Crippen molar-refractivity contribution in [2.75, 3.05) is 19.6 Å². The molecule has 2 heteroatoms. The summed E-state index contributed by atoms with van der Waals surface area (Å²) in [7, 11) is 0. The minimum atomic E-state index is 0.273. The molecule has 2 N–H and O–H groups in total. The standard InChI is InChI=1S/C12H26N2/c1-10-5-6-14(11(2)7-10)9-12(3,4)8-13/h10-11H,5-9,13H2,1-4H3. The van der Waals surface area contributed by atoms with Crippen molar-refractivity contribution in [2.24, 2.45) is 17.1 Å². The van der Waals surface area contributed by atoms with Crippen LogP contribution in [0.25, 0.3) is 0 Å². The molecule has 1 fully saturated rings. The van der Waals surface area contributed by atoms with Crippen molar-refractivity contribution in [1.82, 2.24) is 4.90 Å². The van der Waals surface area contributed by atoms with Gasteiger partial charge in [-0.1, -0.05) is 20.8 Å². The molecule has 84 valence electrons. The lowest BCUT2D eigenvalue weighted by Gasteiger charge is -2.40. The first-order chi connectivity index (χ1) is 6.44. The number of rotatable bonds is 3. The number of nitrogens with two attached hydrogens (primary N) is 1. The molecular formula is C12H26N2. The second-order valence-corrected chi connectivity index (χ2v) is 5.82. The summed E-state index contributed by atoms with van der Waals surface area (Å²) in [4.78, 5) is 2.60. The Balaban J connectivity index is 2.45. The Morgan fingerprint density at radius 1 is 1.36 bits per heavy atom. The second-order valence-electron chi connectivity index (χ2n) is 5.82. The van der Waals surface area contributed by atoms with E-state index in [9.17, 15) is 0 Å². The van der Waals surface area contributed by atoms with E-state index >= 15 is 0 Å². The summed E-state index contributed by atoms with van der Waals surface area (Å²) < 4.78 is 0. The molecule has 0 bridgehead atoms. The lowest BCUT2D eigenvalue weighted by molar-refractivity contribution is 0.0873. The minimum absolute atomic E-state index is 0.273. The zero-order chi connectivity index (χ0) is 10.8. The molecule has 0 spiro atoms. The molecule has 0 amide bonds. The molecule has 0 radical (unpaired) electrons. The van der Waals surface area contributed by atoms with Crippen LogP contribution in [0.3, 0.4) is 0 Å². The predicted octanol–water partition coefficient (Wildman–Crippen LogP) is 2.09. The van der Waals surface area contributed by atoms with E-state index in [-0.39, 0.29) is 5.41 Å². The topological polar surface area (TPSA) is 29.3 Å². The SMILES string of the molecule is CC1CCN(CC(C)(C)CN)C(C)C1. The molecule has 0 aliphatic carbocycles. The summed E-state index contributed by atoms with van der Waals surface area (Å²) >= 11 is 0. The van der Waals surface area contributed by atoms with Crippen LogP contribution >= 0.6 is 0 Å². The number of nitrogens with zero attached hydrogens (tertiary/aromatic N) is 1. The molecule has 0 aromatic heterocycles. The van der Waals surface area contributed by atoms with Crippen LogP contribution in [0.4, 0.5) is 0 Å². The lowest BCUT2D eigenvalue weighted by Crippen LogP contribution is -2.46. The fourth-order valence-electron chi connectivity index (χ4n) is 2.31. The van der Waals surface area contributed by atoms with Gasteiger partial charge in [-0.25, -0.2) is 0 Å². The van der Waals surface area contributed by atoms with Crippen LogP contribution in [0.2, 0.25) is 0 Å². The molecule has 2 nitrogen and oxygen atoms in total. The zero-order valence-electron chi connectivity index (χ0n) is 10.2. The number of hydrogen-bond acceptors (Lipinski definition) is 2. The van der Waals surface area contributed by atoms with Gasteiger partial charge in [-0.15, -0.1) is 0 Å². The van der Waals surface area contributed by atoms with Crippen molar-refractivity contribution >= 4 is 0 Å². The third kappa shape index (κ3) is 3.25. The van der Waals surface area contributed by atoms with Crippen molar-refractivity contribution in [1.29, 1.82) is 0 Å². The highest BCUT2D eigenvalue weighted by molar-refractivity contribution is 4.82. The van der Waals surface area contributed by atoms with Crippen LogP contribution in [-0.2, 0) is 0 Å². The van der Waals surface area contributed by atoms with Crippen LogP contribution in [0, 0.1) is 11.3 Å². The molecule has 1 aliphatic heterocycles. The monoisotopic (exact) mass is 198 g/mol. The summed E-state index contributed by atoms with van der Waals surface area (Å²) in [6.45, 7) is 12.4. The molecule has 0 aromatic carbocycles. The highest BCUT2D eigenvalue weighted by atomic mass is 15.2. The third-order valence-corrected chi connectivity index (χ3v) is 3.46. The first-order valence-electron chi connectivity index (χ1n) is 5.89. The highest BCUT2D eigenvalue weighted by Crippen LogP contribution is 2.25. The van der Waals surface area contributed by atoms with E-state index in [1.165, 1.54) is 19.4 Å². The fraction of sp³-hybridized carbons (Fsp3) is 1.00. The third-order valence-electron chi connectivity index (χ3n) is 3.46. The van der Waals surface area contributed by atoms with Crippen molar-refractivity contribution in [2.45, 2.75) is 46.6 Å². The summed E-state index contributed by atoms with van der Waals surface area (Å²) in [5, 5.41) is 0. The van der Waals surface area contributed by atoms with E-state index in [0.717, 1.165) is 25.0 Å². The predicted molar refractivity (Wildman–Crippen MR) is 62.3 cm³/mol. The van der Waals surface area contributed by atoms with E-state index in [1.54, 1.807) is 0 Å². The Labute approximate surface area is 88.8 Å². The summed E-state index contributed by atoms with van der Waals surface area (Å²) in [5.74, 6) is 0.905. The van der Waals surface area contributed by atoms with Crippen LogP contribution in [0.1, 0.15) is 40.5 Å². The van der Waals surface area contributed by atoms with Gasteiger partial charge in [-0.2, -0.15) is 0 Å². The Bertz CT molecular complexity index is 177. The molecule has 2 atom stereocenters. The molecule has 1 saturated heterocycles. The van der Waals surface area contributed by atoms with Gasteiger partial charge in [0.25, 0.3) is 0 Å². The van der Waals surface area contributed by atoms with Gasteiger partial charge in [0.2, 0.25) is 0 Å². The van der Waals surface area contributed by atoms with Crippen LogP contribution in [-0.4, -0.2) is 30.6 Å². The van der Waals surface area contributed by atoms with Crippen LogP contribution in [0.5, 0.6) is 0 Å². The summed E-state index contributed by atoms with van der Waals surface area (Å²) in [6.07, 6.45) is 2.70. The van der Waals surface area contributed by atoms with E-state index in [0.29, 0.717) is 0 Å². The maximum absolute atomic E-state index is 5.77. The minimum Gasteiger partial charge on any atom is -0.330 e. The van der Waals surface area contributed by atoms with E-state index in [2.05, 4.69) is 32.6 Å². The molecule has 2 unspecified atom stereocenters. The Kier molecular flexibility index (Phi) is 3.96. The molecule has 1 rings (SSSR count). The average Bonchev–Trinajstić information content (AvgIpc) is 2.10. The molecule has 0 aromatic rings. The lowest BCUT2D eigenvalue weighted by atomic mass is 9.88. The molecular weight excluding hydrogens is 172 g/mol. The first kappa shape index (κ1) is 12.0. The maximum atomic E-state index is 5.77. The van der Waals surface area contributed by atoms with Crippen molar-refractivity contribution in [3.05, 3.63) is 0 Å². The van der Waals surface area contributed by atoms with Gasteiger partial charge in [0, 0.05) is 12.6 Å². The van der Waals surface area contributed by atoms with Gasteiger partial charge in [-0.05, 0) is 44.2 Å². The Hall–Kier alpha value is -0.0800. The quantitative estimate of drug-likeness (QED) is 0.752. The van der Waals surface area contributed by atoms with Gasteiger partial charge in [0.1, 0.15) is 0 Å². The Morgan fingerprint density at radius 2 is 2.00 bits per heavy atom. The fourth-order valence-corrected chi connectivity index (χ4v) is 2.31. The van der Waals surface area contributed by atoms with Crippen molar-refractivity contribution in [3.63, 3.8) is 0 Å². The Morgan fingerprint density at radius 3 is 2.50 bits per heavy atom. The maximum Gasteiger partial charge on any atom is 0.00697 e. The number of hydrogen-bond donors (Lipinski definition) is 1. The van der Waals surface area contributed by atoms with Crippen LogP contribution < -0.4 is 5.73 Å². The van der Waals surface area contributed by atoms with E-state index in [4.69, 9.17) is 5.73 Å². The molecule has 0 saturated carbocycles. The summed E-state index contributed by atoms with van der Waals surface area (Å²) in [6, 6.07) is 0.740. The van der Waals surface area contributed by atoms with E-state index in [1.807, 2.05) is 0 Å². The normalized spacial score (nSPS) is 30.6. The largest absolute Gasteiger partial charge is 0.330 e. The molecule has 1 aliphatic rings. The number of piperidine rings is 1. The van der Waals surface area contributed by atoms with Gasteiger partial charge < -0.3 is 10.6 Å². The highest BCUT2D eigenvalue weighted by Gasteiger charge is 2.27. The molecule has 14 heavy (non-hydrogen) atoms. The van der Waals surface area contributed by atoms with Gasteiger partial charge in [0.15, 0.2) is 0 Å². The van der Waals surface area contributed by atoms with Gasteiger partial charge >= 0.3 is 0 Å². The average molecular weight is 198 g/mol. The summed E-state index contributed by atoms with van der Waals surface area (Å²) in [5.41, 5.74) is 6.04. The van der Waals surface area contributed by atoms with Crippen molar-refractivity contribution < 1.29 is 0 Å².